The monoisotopic (exact) mass is 253 g/mol. The lowest BCUT2D eigenvalue weighted by atomic mass is 10.1. The number of anilines is 1. The predicted molar refractivity (Wildman–Crippen MR) is 75.7 cm³/mol. The molecule has 1 aromatic carbocycles. The van der Waals surface area contributed by atoms with Crippen molar-refractivity contribution in [3.63, 3.8) is 0 Å². The number of hydrogen-bond donors (Lipinski definition) is 1. The summed E-state index contributed by atoms with van der Waals surface area (Å²) in [6.45, 7) is 0. The zero-order chi connectivity index (χ0) is 13.2. The van der Waals surface area contributed by atoms with Crippen molar-refractivity contribution >= 4 is 11.3 Å². The molecule has 96 valence electrons. The number of fused-ring (bicyclic) bond motifs is 1. The van der Waals surface area contributed by atoms with E-state index in [4.69, 9.17) is 0 Å². The van der Waals surface area contributed by atoms with Gasteiger partial charge in [-0.25, -0.2) is 5.01 Å². The first-order valence-corrected chi connectivity index (χ1v) is 6.09. The number of aromatic nitrogens is 3. The second-order valence-electron chi connectivity index (χ2n) is 4.52. The third-order valence-electron chi connectivity index (χ3n) is 2.83. The van der Waals surface area contributed by atoms with Crippen molar-refractivity contribution in [3.8, 4) is 11.3 Å². The van der Waals surface area contributed by atoms with Crippen LogP contribution in [-0.2, 0) is 0 Å². The minimum Gasteiger partial charge on any atom is -0.304 e. The van der Waals surface area contributed by atoms with Gasteiger partial charge in [-0.15, -0.1) is 5.10 Å². The van der Waals surface area contributed by atoms with Gasteiger partial charge in [0.05, 0.1) is 5.52 Å². The van der Waals surface area contributed by atoms with Crippen molar-refractivity contribution < 1.29 is 0 Å². The number of nitrogens with one attached hydrogen (secondary N) is 1. The molecule has 0 amide bonds. The topological polar surface area (TPSA) is 45.5 Å². The van der Waals surface area contributed by atoms with Crippen LogP contribution in [0.3, 0.4) is 0 Å². The predicted octanol–water partition coefficient (Wildman–Crippen LogP) is 2.28. The molecule has 0 aliphatic heterocycles. The fraction of sp³-hybridized carbons (Fsp3) is 0.143. The Balaban J connectivity index is 2.14. The molecular formula is C14H15N5. The molecule has 0 spiro atoms. The highest BCUT2D eigenvalue weighted by Crippen LogP contribution is 2.23. The third-order valence-corrected chi connectivity index (χ3v) is 2.83. The molecule has 0 atom stereocenters. The van der Waals surface area contributed by atoms with E-state index in [2.05, 4.69) is 15.7 Å². The lowest BCUT2D eigenvalue weighted by molar-refractivity contribution is 0.489. The van der Waals surface area contributed by atoms with E-state index in [0.29, 0.717) is 0 Å². The molecule has 0 radical (unpaired) electrons. The van der Waals surface area contributed by atoms with Crippen LogP contribution in [0.1, 0.15) is 0 Å². The second-order valence-corrected chi connectivity index (χ2v) is 4.52. The number of benzene rings is 1. The van der Waals surface area contributed by atoms with E-state index in [1.54, 1.807) is 0 Å². The number of hydrogen-bond acceptors (Lipinski definition) is 4. The maximum absolute atomic E-state index is 4.29. The number of rotatable bonds is 3. The molecule has 1 N–H and O–H groups in total. The summed E-state index contributed by atoms with van der Waals surface area (Å²) < 4.78 is 1.81. The fourth-order valence-electron chi connectivity index (χ4n) is 2.03. The Morgan fingerprint density at radius 1 is 1.00 bits per heavy atom. The molecule has 5 heteroatoms. The van der Waals surface area contributed by atoms with Crippen LogP contribution >= 0.6 is 0 Å². The van der Waals surface area contributed by atoms with Crippen molar-refractivity contribution in [1.82, 2.24) is 19.8 Å². The van der Waals surface area contributed by atoms with Crippen LogP contribution in [0.15, 0.2) is 48.5 Å². The molecule has 0 aliphatic rings. The Kier molecular flexibility index (Phi) is 2.89. The molecule has 0 unspecified atom stereocenters. The first-order valence-electron chi connectivity index (χ1n) is 6.09. The fourth-order valence-corrected chi connectivity index (χ4v) is 2.03. The van der Waals surface area contributed by atoms with E-state index in [-0.39, 0.29) is 0 Å². The summed E-state index contributed by atoms with van der Waals surface area (Å²) in [7, 11) is 3.88. The van der Waals surface area contributed by atoms with Gasteiger partial charge in [0.2, 0.25) is 0 Å². The van der Waals surface area contributed by atoms with E-state index in [9.17, 15) is 0 Å². The van der Waals surface area contributed by atoms with Crippen molar-refractivity contribution in [1.29, 1.82) is 0 Å². The van der Waals surface area contributed by atoms with Crippen LogP contribution in [0.4, 0.5) is 5.82 Å². The summed E-state index contributed by atoms with van der Waals surface area (Å²) in [6.07, 6.45) is 0. The first-order chi connectivity index (χ1) is 9.25. The summed E-state index contributed by atoms with van der Waals surface area (Å²) in [5.74, 6) is 0.886. The van der Waals surface area contributed by atoms with Crippen molar-refractivity contribution in [2.75, 3.05) is 19.5 Å². The Morgan fingerprint density at radius 3 is 2.53 bits per heavy atom. The summed E-state index contributed by atoms with van der Waals surface area (Å²) >= 11 is 0. The lowest BCUT2D eigenvalue weighted by Gasteiger charge is -2.13. The Labute approximate surface area is 111 Å². The molecule has 19 heavy (non-hydrogen) atoms. The summed E-state index contributed by atoms with van der Waals surface area (Å²) in [6, 6.07) is 16.1. The van der Waals surface area contributed by atoms with E-state index in [0.717, 1.165) is 22.6 Å². The highest BCUT2D eigenvalue weighted by atomic mass is 15.5. The molecule has 0 saturated carbocycles. The highest BCUT2D eigenvalue weighted by molar-refractivity contribution is 5.77. The molecule has 5 nitrogen and oxygen atoms in total. The third kappa shape index (κ3) is 2.15. The van der Waals surface area contributed by atoms with Crippen LogP contribution in [0.25, 0.3) is 16.8 Å². The van der Waals surface area contributed by atoms with Crippen LogP contribution in [-0.4, -0.2) is 33.9 Å². The molecular weight excluding hydrogens is 238 g/mol. The average Bonchev–Trinajstić information content (AvgIpc) is 2.84. The summed E-state index contributed by atoms with van der Waals surface area (Å²) in [4.78, 5) is 0. The zero-order valence-electron chi connectivity index (χ0n) is 10.9. The minimum absolute atomic E-state index is 0.886. The molecule has 0 fully saturated rings. The molecule has 0 aliphatic carbocycles. The van der Waals surface area contributed by atoms with Gasteiger partial charge in [0.1, 0.15) is 11.5 Å². The molecule has 2 aromatic heterocycles. The average molecular weight is 253 g/mol. The van der Waals surface area contributed by atoms with Gasteiger partial charge >= 0.3 is 0 Å². The van der Waals surface area contributed by atoms with Crippen LogP contribution in [0, 0.1) is 0 Å². The van der Waals surface area contributed by atoms with Crippen molar-refractivity contribution in [2.24, 2.45) is 0 Å². The van der Waals surface area contributed by atoms with E-state index in [1.807, 2.05) is 72.2 Å². The number of hydrazine groups is 1. The van der Waals surface area contributed by atoms with Gasteiger partial charge in [0.25, 0.3) is 0 Å². The largest absolute Gasteiger partial charge is 0.304 e. The van der Waals surface area contributed by atoms with Crippen molar-refractivity contribution in [3.05, 3.63) is 48.5 Å². The molecule has 0 saturated heterocycles. The molecule has 0 bridgehead atoms. The molecule has 3 aromatic rings. The second kappa shape index (κ2) is 4.70. The number of pyridine rings is 1. The highest BCUT2D eigenvalue weighted by Gasteiger charge is 2.10. The number of nitrogens with zero attached hydrogens (tertiary/aromatic N) is 4. The molecule has 2 heterocycles. The van der Waals surface area contributed by atoms with Crippen LogP contribution in [0.5, 0.6) is 0 Å². The Hall–Kier alpha value is -2.40. The van der Waals surface area contributed by atoms with Gasteiger partial charge in [-0.1, -0.05) is 41.6 Å². The van der Waals surface area contributed by atoms with Crippen LogP contribution < -0.4 is 5.43 Å². The zero-order valence-corrected chi connectivity index (χ0v) is 10.9. The van der Waals surface area contributed by atoms with Gasteiger partial charge in [-0.2, -0.15) is 4.52 Å². The summed E-state index contributed by atoms with van der Waals surface area (Å²) in [5.41, 5.74) is 6.15. The van der Waals surface area contributed by atoms with Gasteiger partial charge in [-0.3, -0.25) is 0 Å². The Morgan fingerprint density at radius 2 is 1.79 bits per heavy atom. The quantitative estimate of drug-likeness (QED) is 0.727. The van der Waals surface area contributed by atoms with Crippen molar-refractivity contribution in [2.45, 2.75) is 0 Å². The van der Waals surface area contributed by atoms with E-state index in [1.165, 1.54) is 0 Å². The van der Waals surface area contributed by atoms with Gasteiger partial charge < -0.3 is 5.43 Å². The Bertz CT molecular complexity index is 687. The lowest BCUT2D eigenvalue weighted by Crippen LogP contribution is -2.21. The summed E-state index contributed by atoms with van der Waals surface area (Å²) in [5, 5.41) is 10.4. The van der Waals surface area contributed by atoms with E-state index >= 15 is 0 Å². The standard InChI is InChI=1S/C14H15N5/c1-18(2)16-13-10-6-9-12-14(15-17-19(12)13)11-7-4-3-5-8-11/h3-10,16H,1-2H3. The maximum Gasteiger partial charge on any atom is 0.144 e. The van der Waals surface area contributed by atoms with E-state index < -0.39 is 0 Å². The van der Waals surface area contributed by atoms with Crippen LogP contribution in [0.2, 0.25) is 0 Å². The molecule has 3 rings (SSSR count). The van der Waals surface area contributed by atoms with Gasteiger partial charge in [0.15, 0.2) is 0 Å². The normalized spacial score (nSPS) is 11.1. The smallest absolute Gasteiger partial charge is 0.144 e. The first kappa shape index (κ1) is 11.7. The minimum atomic E-state index is 0.886. The van der Waals surface area contributed by atoms with Gasteiger partial charge in [0, 0.05) is 19.7 Å². The SMILES string of the molecule is CN(C)Nc1cccc2c(-c3ccccc3)nnn12. The van der Waals surface area contributed by atoms with Gasteiger partial charge in [-0.05, 0) is 12.1 Å². The maximum atomic E-state index is 4.29.